The van der Waals surface area contributed by atoms with E-state index in [0.29, 0.717) is 10.4 Å². The van der Waals surface area contributed by atoms with Gasteiger partial charge in [0.05, 0.1) is 6.20 Å². The first-order valence-corrected chi connectivity index (χ1v) is 2.46. The molecule has 0 bridgehead atoms. The van der Waals surface area contributed by atoms with Crippen molar-refractivity contribution in [1.29, 1.82) is 0 Å². The molecule has 1 aromatic rings. The van der Waals surface area contributed by atoms with Crippen LogP contribution in [0.4, 0.5) is 0 Å². The van der Waals surface area contributed by atoms with Crippen LogP contribution in [0.3, 0.4) is 0 Å². The van der Waals surface area contributed by atoms with E-state index in [1.165, 1.54) is 12.3 Å². The van der Waals surface area contributed by atoms with E-state index >= 15 is 0 Å². The van der Waals surface area contributed by atoms with E-state index in [1.807, 2.05) is 0 Å². The summed E-state index contributed by atoms with van der Waals surface area (Å²) < 4.78 is 0. The third-order valence-corrected chi connectivity index (χ3v) is 1.02. The van der Waals surface area contributed by atoms with Gasteiger partial charge in [0.1, 0.15) is 0 Å². The molecule has 1 rings (SSSR count). The fourth-order valence-corrected chi connectivity index (χ4v) is 0.490. The molecule has 0 aromatic carbocycles. The lowest BCUT2D eigenvalue weighted by Gasteiger charge is -1.91. The van der Waals surface area contributed by atoms with Crippen LogP contribution in [0.15, 0.2) is 17.1 Å². The molecule has 1 N–H and O–H groups in total. The Balaban J connectivity index is 3.43. The number of hydrogen-bond donors (Lipinski definition) is 1. The van der Waals surface area contributed by atoms with E-state index in [0.717, 1.165) is 0 Å². The molecular formula is C5H6N2O2. The fraction of sp³-hybridized carbons (Fsp3) is 0.200. The zero-order chi connectivity index (χ0) is 6.85. The third-order valence-electron chi connectivity index (χ3n) is 1.02. The minimum atomic E-state index is -0.475. The Morgan fingerprint density at radius 2 is 2.44 bits per heavy atom. The molecule has 4 heteroatoms. The first-order valence-electron chi connectivity index (χ1n) is 2.46. The van der Waals surface area contributed by atoms with Crippen LogP contribution in [0.2, 0.25) is 0 Å². The van der Waals surface area contributed by atoms with Gasteiger partial charge in [0.25, 0.3) is 0 Å². The van der Waals surface area contributed by atoms with Gasteiger partial charge in [0.15, 0.2) is 0 Å². The monoisotopic (exact) mass is 126 g/mol. The van der Waals surface area contributed by atoms with Crippen LogP contribution in [-0.4, -0.2) is 15.2 Å². The Labute approximate surface area is 51.3 Å². The van der Waals surface area contributed by atoms with Gasteiger partial charge in [-0.1, -0.05) is 4.85 Å². The fourth-order valence-electron chi connectivity index (χ4n) is 0.490. The Bertz CT molecular complexity index is 243. The summed E-state index contributed by atoms with van der Waals surface area (Å²) in [6.45, 7) is 1.61. The van der Waals surface area contributed by atoms with Crippen molar-refractivity contribution in [3.63, 3.8) is 0 Å². The molecule has 0 unspecified atom stereocenters. The summed E-state index contributed by atoms with van der Waals surface area (Å²) in [4.78, 5) is 10.9. The minimum absolute atomic E-state index is 0.315. The van der Waals surface area contributed by atoms with Crippen molar-refractivity contribution in [3.05, 3.63) is 28.2 Å². The molecule has 0 aliphatic rings. The van der Waals surface area contributed by atoms with Gasteiger partial charge in [-0.2, -0.15) is 0 Å². The predicted octanol–water partition coefficient (Wildman–Crippen LogP) is -0.211. The smallest absolute Gasteiger partial charge is 0.305 e. The number of hydrogen-bond acceptors (Lipinski definition) is 3. The largest absolute Gasteiger partial charge is 0.409 e. The van der Waals surface area contributed by atoms with Gasteiger partial charge in [-0.05, 0) is 13.0 Å². The molecular weight excluding hydrogens is 120 g/mol. The second kappa shape index (κ2) is 1.89. The number of rotatable bonds is 0. The lowest BCUT2D eigenvalue weighted by molar-refractivity contribution is 0.133. The molecule has 0 aliphatic carbocycles. The molecule has 0 fully saturated rings. The van der Waals surface area contributed by atoms with Gasteiger partial charge in [-0.3, -0.25) is 4.79 Å². The molecule has 48 valence electrons. The SMILES string of the molecule is Cc1ccnn(O)c1=O. The topological polar surface area (TPSA) is 55.1 Å². The molecule has 4 nitrogen and oxygen atoms in total. The highest BCUT2D eigenvalue weighted by atomic mass is 16.5. The molecule has 0 saturated carbocycles. The lowest BCUT2D eigenvalue weighted by atomic mass is 10.4. The van der Waals surface area contributed by atoms with Crippen molar-refractivity contribution in [1.82, 2.24) is 9.94 Å². The van der Waals surface area contributed by atoms with Crippen molar-refractivity contribution in [2.24, 2.45) is 0 Å². The summed E-state index contributed by atoms with van der Waals surface area (Å²) in [6.07, 6.45) is 1.36. The number of nitrogens with zero attached hydrogens (tertiary/aromatic N) is 2. The van der Waals surface area contributed by atoms with Crippen LogP contribution in [0.25, 0.3) is 0 Å². The van der Waals surface area contributed by atoms with Gasteiger partial charge in [-0.25, -0.2) is 0 Å². The maximum absolute atomic E-state index is 10.6. The van der Waals surface area contributed by atoms with E-state index in [9.17, 15) is 4.79 Å². The van der Waals surface area contributed by atoms with Crippen LogP contribution in [0.5, 0.6) is 0 Å². The maximum atomic E-state index is 10.6. The molecule has 0 radical (unpaired) electrons. The Hall–Kier alpha value is -1.32. The summed E-state index contributed by atoms with van der Waals surface area (Å²) in [5.41, 5.74) is 0.00463. The van der Waals surface area contributed by atoms with Crippen LogP contribution in [-0.2, 0) is 0 Å². The van der Waals surface area contributed by atoms with Crippen molar-refractivity contribution < 1.29 is 5.21 Å². The minimum Gasteiger partial charge on any atom is -0.409 e. The van der Waals surface area contributed by atoms with Crippen molar-refractivity contribution in [2.75, 3.05) is 0 Å². The average Bonchev–Trinajstić information content (AvgIpc) is 1.83. The molecule has 0 saturated heterocycles. The van der Waals surface area contributed by atoms with Crippen molar-refractivity contribution >= 4 is 0 Å². The third kappa shape index (κ3) is 0.910. The highest BCUT2D eigenvalue weighted by molar-refractivity contribution is 5.02. The Morgan fingerprint density at radius 1 is 1.78 bits per heavy atom. The summed E-state index contributed by atoms with van der Waals surface area (Å²) in [6, 6.07) is 1.54. The predicted molar refractivity (Wildman–Crippen MR) is 30.4 cm³/mol. The van der Waals surface area contributed by atoms with Gasteiger partial charge in [0.2, 0.25) is 0 Å². The molecule has 0 amide bonds. The lowest BCUT2D eigenvalue weighted by Crippen LogP contribution is -2.21. The normalized spacial score (nSPS) is 9.44. The van der Waals surface area contributed by atoms with E-state index in [2.05, 4.69) is 5.10 Å². The van der Waals surface area contributed by atoms with Gasteiger partial charge in [0, 0.05) is 5.56 Å². The second-order valence-corrected chi connectivity index (χ2v) is 1.71. The first-order chi connectivity index (χ1) is 4.22. The molecule has 0 atom stereocenters. The first kappa shape index (κ1) is 5.81. The molecule has 1 aromatic heterocycles. The Kier molecular flexibility index (Phi) is 1.22. The zero-order valence-corrected chi connectivity index (χ0v) is 4.90. The highest BCUT2D eigenvalue weighted by Gasteiger charge is 1.93. The van der Waals surface area contributed by atoms with E-state index in [4.69, 9.17) is 5.21 Å². The summed E-state index contributed by atoms with van der Waals surface area (Å²) in [7, 11) is 0. The highest BCUT2D eigenvalue weighted by Crippen LogP contribution is 1.80. The zero-order valence-electron chi connectivity index (χ0n) is 4.90. The van der Waals surface area contributed by atoms with Gasteiger partial charge >= 0.3 is 5.56 Å². The summed E-state index contributed by atoms with van der Waals surface area (Å²) in [5, 5.41) is 11.9. The molecule has 9 heavy (non-hydrogen) atoms. The van der Waals surface area contributed by atoms with Gasteiger partial charge < -0.3 is 5.21 Å². The van der Waals surface area contributed by atoms with Crippen LogP contribution in [0.1, 0.15) is 5.56 Å². The molecule has 0 spiro atoms. The molecule has 1 heterocycles. The van der Waals surface area contributed by atoms with Crippen LogP contribution in [0, 0.1) is 6.92 Å². The summed E-state index contributed by atoms with van der Waals surface area (Å²) in [5.74, 6) is 0. The Morgan fingerprint density at radius 3 is 2.89 bits per heavy atom. The van der Waals surface area contributed by atoms with Crippen molar-refractivity contribution in [3.8, 4) is 0 Å². The average molecular weight is 126 g/mol. The van der Waals surface area contributed by atoms with Crippen LogP contribution < -0.4 is 5.56 Å². The quantitative estimate of drug-likeness (QED) is 0.489. The maximum Gasteiger partial charge on any atom is 0.305 e. The van der Waals surface area contributed by atoms with Crippen LogP contribution >= 0.6 is 0 Å². The second-order valence-electron chi connectivity index (χ2n) is 1.71. The standard InChI is InChI=1S/C5H6N2O2/c1-4-2-3-6-7(9)5(4)8/h2-3,9H,1H3. The van der Waals surface area contributed by atoms with Crippen molar-refractivity contribution in [2.45, 2.75) is 6.92 Å². The molecule has 0 aliphatic heterocycles. The van der Waals surface area contributed by atoms with Gasteiger partial charge in [-0.15, -0.1) is 5.10 Å². The number of aromatic nitrogens is 2. The van der Waals surface area contributed by atoms with E-state index < -0.39 is 5.56 Å². The van der Waals surface area contributed by atoms with E-state index in [-0.39, 0.29) is 0 Å². The van der Waals surface area contributed by atoms with E-state index in [1.54, 1.807) is 6.92 Å². The number of aryl methyl sites for hydroxylation is 1. The summed E-state index contributed by atoms with van der Waals surface area (Å²) >= 11 is 0.